The summed E-state index contributed by atoms with van der Waals surface area (Å²) in [5, 5.41) is 10.2. The Morgan fingerprint density at radius 2 is 1.95 bits per heavy atom. The van der Waals surface area contributed by atoms with Gasteiger partial charge in [-0.2, -0.15) is 0 Å². The van der Waals surface area contributed by atoms with E-state index >= 15 is 0 Å². The molecule has 1 aliphatic heterocycles. The molecular weight excluding hydrogens is 244 g/mol. The Kier molecular flexibility index (Phi) is 4.32. The van der Waals surface area contributed by atoms with Crippen LogP contribution in [0.15, 0.2) is 18.2 Å². The van der Waals surface area contributed by atoms with E-state index in [1.165, 1.54) is 0 Å². The second kappa shape index (κ2) is 5.80. The van der Waals surface area contributed by atoms with Crippen molar-refractivity contribution >= 4 is 0 Å². The molecular formula is C15H22O4. The molecule has 0 bridgehead atoms. The lowest BCUT2D eigenvalue weighted by Gasteiger charge is -2.27. The molecule has 0 aromatic heterocycles. The maximum absolute atomic E-state index is 10.2. The molecule has 0 atom stereocenters. The summed E-state index contributed by atoms with van der Waals surface area (Å²) < 4.78 is 16.7. The van der Waals surface area contributed by atoms with Gasteiger partial charge in [0, 0.05) is 18.4 Å². The molecule has 0 unspecified atom stereocenters. The van der Waals surface area contributed by atoms with Gasteiger partial charge in [0.25, 0.3) is 0 Å². The van der Waals surface area contributed by atoms with Crippen LogP contribution in [-0.4, -0.2) is 31.5 Å². The fraction of sp³-hybridized carbons (Fsp3) is 0.600. The SMILES string of the molecule is COc1c(OC2CCOCC2)cccc1C(C)(C)O. The van der Waals surface area contributed by atoms with Crippen LogP contribution >= 0.6 is 0 Å². The molecule has 1 aliphatic rings. The minimum Gasteiger partial charge on any atom is -0.492 e. The first-order chi connectivity index (χ1) is 9.02. The minimum absolute atomic E-state index is 0.153. The van der Waals surface area contributed by atoms with Crippen molar-refractivity contribution in [2.45, 2.75) is 38.4 Å². The van der Waals surface area contributed by atoms with Gasteiger partial charge >= 0.3 is 0 Å². The molecule has 0 saturated carbocycles. The molecule has 1 aromatic rings. The summed E-state index contributed by atoms with van der Waals surface area (Å²) in [6, 6.07) is 5.61. The molecule has 4 nitrogen and oxygen atoms in total. The van der Waals surface area contributed by atoms with Crippen molar-refractivity contribution in [3.63, 3.8) is 0 Å². The van der Waals surface area contributed by atoms with Crippen LogP contribution in [0.5, 0.6) is 11.5 Å². The molecule has 2 rings (SSSR count). The second-order valence-corrected chi connectivity index (χ2v) is 5.33. The summed E-state index contributed by atoms with van der Waals surface area (Å²) in [6.07, 6.45) is 1.92. The highest BCUT2D eigenvalue weighted by Crippen LogP contribution is 2.38. The van der Waals surface area contributed by atoms with Crippen LogP contribution in [-0.2, 0) is 10.3 Å². The van der Waals surface area contributed by atoms with E-state index in [2.05, 4.69) is 0 Å². The number of hydrogen-bond donors (Lipinski definition) is 1. The van der Waals surface area contributed by atoms with E-state index in [4.69, 9.17) is 14.2 Å². The number of rotatable bonds is 4. The van der Waals surface area contributed by atoms with E-state index in [-0.39, 0.29) is 6.10 Å². The van der Waals surface area contributed by atoms with E-state index in [1.54, 1.807) is 21.0 Å². The fourth-order valence-corrected chi connectivity index (χ4v) is 2.27. The smallest absolute Gasteiger partial charge is 0.166 e. The Morgan fingerprint density at radius 1 is 1.26 bits per heavy atom. The van der Waals surface area contributed by atoms with E-state index in [0.717, 1.165) is 31.6 Å². The van der Waals surface area contributed by atoms with Crippen LogP contribution in [0.3, 0.4) is 0 Å². The number of aliphatic hydroxyl groups is 1. The Balaban J connectivity index is 2.24. The summed E-state index contributed by atoms with van der Waals surface area (Å²) in [6.45, 7) is 4.95. The summed E-state index contributed by atoms with van der Waals surface area (Å²) in [7, 11) is 1.60. The van der Waals surface area contributed by atoms with E-state index in [0.29, 0.717) is 11.5 Å². The van der Waals surface area contributed by atoms with Crippen LogP contribution in [0.2, 0.25) is 0 Å². The van der Waals surface area contributed by atoms with E-state index in [1.807, 2.05) is 18.2 Å². The molecule has 1 N–H and O–H groups in total. The second-order valence-electron chi connectivity index (χ2n) is 5.33. The first-order valence-corrected chi connectivity index (χ1v) is 6.66. The van der Waals surface area contributed by atoms with E-state index in [9.17, 15) is 5.11 Å². The highest BCUT2D eigenvalue weighted by molar-refractivity contribution is 5.49. The van der Waals surface area contributed by atoms with Crippen LogP contribution in [0.1, 0.15) is 32.3 Å². The van der Waals surface area contributed by atoms with Gasteiger partial charge in [-0.3, -0.25) is 0 Å². The molecule has 1 saturated heterocycles. The maximum Gasteiger partial charge on any atom is 0.166 e. The van der Waals surface area contributed by atoms with Gasteiger partial charge in [0.15, 0.2) is 11.5 Å². The van der Waals surface area contributed by atoms with Crippen molar-refractivity contribution in [2.24, 2.45) is 0 Å². The Morgan fingerprint density at radius 3 is 2.53 bits per heavy atom. The molecule has 4 heteroatoms. The number of hydrogen-bond acceptors (Lipinski definition) is 4. The van der Waals surface area contributed by atoms with Crippen molar-refractivity contribution in [1.82, 2.24) is 0 Å². The van der Waals surface area contributed by atoms with Crippen LogP contribution < -0.4 is 9.47 Å². The van der Waals surface area contributed by atoms with Crippen LogP contribution in [0, 0.1) is 0 Å². The zero-order valence-corrected chi connectivity index (χ0v) is 11.8. The van der Waals surface area contributed by atoms with Crippen molar-refractivity contribution in [3.8, 4) is 11.5 Å². The lowest BCUT2D eigenvalue weighted by molar-refractivity contribution is 0.0237. The summed E-state index contributed by atoms with van der Waals surface area (Å²) in [5.41, 5.74) is -0.222. The standard InChI is InChI=1S/C15H22O4/c1-15(2,16)12-5-4-6-13(14(12)17-3)19-11-7-9-18-10-8-11/h4-6,11,16H,7-10H2,1-3H3. The highest BCUT2D eigenvalue weighted by atomic mass is 16.5. The van der Waals surface area contributed by atoms with Gasteiger partial charge in [0.05, 0.1) is 25.9 Å². The molecule has 0 radical (unpaired) electrons. The Bertz CT molecular complexity index is 417. The van der Waals surface area contributed by atoms with Gasteiger partial charge in [-0.25, -0.2) is 0 Å². The number of para-hydroxylation sites is 1. The summed E-state index contributed by atoms with van der Waals surface area (Å²) in [5.74, 6) is 1.30. The largest absolute Gasteiger partial charge is 0.492 e. The average molecular weight is 266 g/mol. The predicted octanol–water partition coefficient (Wildman–Crippen LogP) is 2.48. The minimum atomic E-state index is -0.958. The normalized spacial score (nSPS) is 17.3. The first-order valence-electron chi connectivity index (χ1n) is 6.66. The van der Waals surface area contributed by atoms with Crippen molar-refractivity contribution in [1.29, 1.82) is 0 Å². The lowest BCUT2D eigenvalue weighted by Crippen LogP contribution is -2.26. The Labute approximate surface area is 114 Å². The third kappa shape index (κ3) is 3.39. The van der Waals surface area contributed by atoms with Crippen molar-refractivity contribution in [2.75, 3.05) is 20.3 Å². The van der Waals surface area contributed by atoms with Crippen molar-refractivity contribution in [3.05, 3.63) is 23.8 Å². The molecule has 0 spiro atoms. The fourth-order valence-electron chi connectivity index (χ4n) is 2.27. The van der Waals surface area contributed by atoms with E-state index < -0.39 is 5.60 Å². The first kappa shape index (κ1) is 14.2. The van der Waals surface area contributed by atoms with Crippen LogP contribution in [0.4, 0.5) is 0 Å². The number of benzene rings is 1. The van der Waals surface area contributed by atoms with Gasteiger partial charge in [-0.1, -0.05) is 12.1 Å². The number of ether oxygens (including phenoxy) is 3. The molecule has 106 valence electrons. The summed E-state index contributed by atoms with van der Waals surface area (Å²) in [4.78, 5) is 0. The third-order valence-corrected chi connectivity index (χ3v) is 3.30. The molecule has 1 fully saturated rings. The monoisotopic (exact) mass is 266 g/mol. The average Bonchev–Trinajstić information content (AvgIpc) is 2.38. The molecule has 1 heterocycles. The molecule has 0 aliphatic carbocycles. The number of methoxy groups -OCH3 is 1. The zero-order chi connectivity index (χ0) is 13.9. The van der Waals surface area contributed by atoms with Gasteiger partial charge in [-0.05, 0) is 19.9 Å². The molecule has 1 aromatic carbocycles. The quantitative estimate of drug-likeness (QED) is 0.909. The maximum atomic E-state index is 10.2. The van der Waals surface area contributed by atoms with Crippen LogP contribution in [0.25, 0.3) is 0 Å². The molecule has 19 heavy (non-hydrogen) atoms. The summed E-state index contributed by atoms with van der Waals surface area (Å²) >= 11 is 0. The van der Waals surface area contributed by atoms with Gasteiger partial charge < -0.3 is 19.3 Å². The Hall–Kier alpha value is -1.26. The zero-order valence-electron chi connectivity index (χ0n) is 11.8. The lowest BCUT2D eigenvalue weighted by atomic mass is 9.97. The highest BCUT2D eigenvalue weighted by Gasteiger charge is 2.25. The van der Waals surface area contributed by atoms with Gasteiger partial charge in [-0.15, -0.1) is 0 Å². The van der Waals surface area contributed by atoms with Gasteiger partial charge in [0.2, 0.25) is 0 Å². The van der Waals surface area contributed by atoms with Crippen molar-refractivity contribution < 1.29 is 19.3 Å². The van der Waals surface area contributed by atoms with Gasteiger partial charge in [0.1, 0.15) is 6.10 Å². The topological polar surface area (TPSA) is 47.9 Å². The molecule has 0 amide bonds. The predicted molar refractivity (Wildman–Crippen MR) is 72.7 cm³/mol. The third-order valence-electron chi connectivity index (χ3n) is 3.30.